The van der Waals surface area contributed by atoms with Gasteiger partial charge in [-0.25, -0.2) is 9.18 Å². The van der Waals surface area contributed by atoms with Crippen LogP contribution >= 0.6 is 11.6 Å². The lowest BCUT2D eigenvalue weighted by atomic mass is 9.86. The Labute approximate surface area is 235 Å². The summed E-state index contributed by atoms with van der Waals surface area (Å²) in [7, 11) is 0. The first kappa shape index (κ1) is 29.0. The molecule has 0 saturated carbocycles. The highest BCUT2D eigenvalue weighted by atomic mass is 35.5. The number of rotatable bonds is 10. The second kappa shape index (κ2) is 12.1. The number of aromatic carboxylic acids is 1. The maximum Gasteiger partial charge on any atom is 0.335 e. The highest BCUT2D eigenvalue weighted by Gasteiger charge is 2.40. The number of ketones is 1. The van der Waals surface area contributed by atoms with Crippen molar-refractivity contribution in [1.29, 1.82) is 0 Å². The summed E-state index contributed by atoms with van der Waals surface area (Å²) in [5.41, 5.74) is 2.06. The van der Waals surface area contributed by atoms with Gasteiger partial charge in [0.05, 0.1) is 28.9 Å². The number of hydrogen-bond donors (Lipinski definition) is 3. The maximum atomic E-state index is 14.9. The van der Waals surface area contributed by atoms with Gasteiger partial charge in [-0.2, -0.15) is 0 Å². The molecule has 1 heterocycles. The fourth-order valence-corrected chi connectivity index (χ4v) is 5.05. The molecule has 3 aromatic rings. The minimum atomic E-state index is -1.34. The van der Waals surface area contributed by atoms with Crippen molar-refractivity contribution in [1.82, 2.24) is 0 Å². The molecule has 10 heteroatoms. The average molecular weight is 570 g/mol. The lowest BCUT2D eigenvalue weighted by Gasteiger charge is -2.41. The third-order valence-corrected chi connectivity index (χ3v) is 7.40. The number of carboxylic acids is 2. The number of ether oxygens (including phenoxy) is 1. The maximum absolute atomic E-state index is 14.9. The minimum absolute atomic E-state index is 0.00554. The largest absolute Gasteiger partial charge is 0.489 e. The van der Waals surface area contributed by atoms with Crippen LogP contribution in [-0.4, -0.2) is 52.2 Å². The number of benzene rings is 3. The van der Waals surface area contributed by atoms with Gasteiger partial charge in [0.25, 0.3) is 0 Å². The quantitative estimate of drug-likeness (QED) is 0.289. The Kier molecular flexibility index (Phi) is 8.76. The molecule has 0 radical (unpaired) electrons. The number of hydrogen-bond acceptors (Lipinski definition) is 6. The lowest BCUT2D eigenvalue weighted by molar-refractivity contribution is -0.139. The molecule has 0 aromatic heterocycles. The summed E-state index contributed by atoms with van der Waals surface area (Å²) in [4.78, 5) is 38.3. The van der Waals surface area contributed by atoms with Crippen LogP contribution in [0.5, 0.6) is 5.75 Å². The van der Waals surface area contributed by atoms with Crippen LogP contribution in [0.3, 0.4) is 0 Å². The van der Waals surface area contributed by atoms with Gasteiger partial charge in [0.2, 0.25) is 0 Å². The monoisotopic (exact) mass is 569 g/mol. The van der Waals surface area contributed by atoms with Crippen LogP contribution in [-0.2, 0) is 17.8 Å². The molecular formula is C30H29ClFNO7. The second-order valence-corrected chi connectivity index (χ2v) is 10.5. The van der Waals surface area contributed by atoms with Crippen molar-refractivity contribution >= 4 is 35.0 Å². The lowest BCUT2D eigenvalue weighted by Crippen LogP contribution is -2.50. The predicted molar refractivity (Wildman–Crippen MR) is 147 cm³/mol. The van der Waals surface area contributed by atoms with Gasteiger partial charge in [-0.1, -0.05) is 49.7 Å². The summed E-state index contributed by atoms with van der Waals surface area (Å²) in [6.45, 7) is 3.44. The van der Waals surface area contributed by atoms with Crippen LogP contribution in [0.4, 0.5) is 10.1 Å². The van der Waals surface area contributed by atoms with Crippen molar-refractivity contribution in [3.05, 3.63) is 93.3 Å². The van der Waals surface area contributed by atoms with E-state index in [1.807, 2.05) is 13.8 Å². The van der Waals surface area contributed by atoms with E-state index in [9.17, 15) is 29.0 Å². The van der Waals surface area contributed by atoms with E-state index in [1.54, 1.807) is 35.2 Å². The first-order valence-corrected chi connectivity index (χ1v) is 13.1. The molecule has 0 amide bonds. The van der Waals surface area contributed by atoms with Crippen molar-refractivity contribution in [2.75, 3.05) is 18.1 Å². The number of aliphatic carboxylic acids is 1. The number of nitrogens with zero attached hydrogens (tertiary/aromatic N) is 1. The van der Waals surface area contributed by atoms with E-state index in [0.29, 0.717) is 22.6 Å². The highest BCUT2D eigenvalue weighted by molar-refractivity contribution is 6.30. The number of carboxylic acid groups (broad SMARTS) is 2. The van der Waals surface area contributed by atoms with Crippen LogP contribution in [0.25, 0.3) is 0 Å². The number of Topliss-reactive ketones (excluding diaryl/α,β-unsaturated/α-hetero) is 1. The number of aliphatic hydroxyl groups excluding tert-OH is 1. The third kappa shape index (κ3) is 5.95. The summed E-state index contributed by atoms with van der Waals surface area (Å²) in [5, 5.41) is 29.0. The molecule has 0 saturated heterocycles. The van der Waals surface area contributed by atoms with E-state index in [1.165, 1.54) is 24.3 Å². The standard InChI is InChI=1S/C30H29ClFNO7/c1-16(2)25(14-34)33-13-22(30(38)39)28(35)21-11-20(10-19-4-3-5-23(31)27(19)32)26(12-24(21)33)40-15-17-6-8-18(9-7-17)29(36)37/h3-9,11-12,16,22,25,34H,10,13-15H2,1-2H3,(H,36,37)(H,38,39)/t22?,25-/m1/s1. The molecule has 0 spiro atoms. The van der Waals surface area contributed by atoms with Crippen LogP contribution < -0.4 is 9.64 Å². The van der Waals surface area contributed by atoms with Gasteiger partial charge in [-0.3, -0.25) is 9.59 Å². The topological polar surface area (TPSA) is 124 Å². The number of carbonyl (C=O) groups excluding carboxylic acids is 1. The van der Waals surface area contributed by atoms with Crippen molar-refractivity contribution in [3.8, 4) is 5.75 Å². The van der Waals surface area contributed by atoms with Gasteiger partial charge >= 0.3 is 11.9 Å². The Morgan fingerprint density at radius 1 is 1.10 bits per heavy atom. The molecule has 40 heavy (non-hydrogen) atoms. The highest BCUT2D eigenvalue weighted by Crippen LogP contribution is 2.39. The van der Waals surface area contributed by atoms with Gasteiger partial charge in [-0.05, 0) is 46.9 Å². The molecule has 0 bridgehead atoms. The average Bonchev–Trinajstić information content (AvgIpc) is 2.91. The molecule has 4 rings (SSSR count). The molecule has 0 aliphatic carbocycles. The molecule has 8 nitrogen and oxygen atoms in total. The van der Waals surface area contributed by atoms with E-state index in [-0.39, 0.29) is 53.8 Å². The fraction of sp³-hybridized carbons (Fsp3) is 0.300. The molecule has 3 N–H and O–H groups in total. The van der Waals surface area contributed by atoms with Gasteiger partial charge in [-0.15, -0.1) is 0 Å². The predicted octanol–water partition coefficient (Wildman–Crippen LogP) is 5.07. The van der Waals surface area contributed by atoms with Crippen molar-refractivity contribution in [2.45, 2.75) is 32.9 Å². The minimum Gasteiger partial charge on any atom is -0.489 e. The zero-order valence-electron chi connectivity index (χ0n) is 21.9. The van der Waals surface area contributed by atoms with Crippen LogP contribution in [0, 0.1) is 17.7 Å². The molecule has 1 aliphatic rings. The summed E-state index contributed by atoms with van der Waals surface area (Å²) in [6, 6.07) is 13.4. The van der Waals surface area contributed by atoms with E-state index >= 15 is 0 Å². The van der Waals surface area contributed by atoms with Gasteiger partial charge in [0.1, 0.15) is 24.1 Å². The molecule has 1 aliphatic heterocycles. The Balaban J connectivity index is 1.82. The van der Waals surface area contributed by atoms with E-state index < -0.39 is 35.5 Å². The summed E-state index contributed by atoms with van der Waals surface area (Å²) in [6.07, 6.45) is 0.00554. The number of fused-ring (bicyclic) bond motifs is 1. The van der Waals surface area contributed by atoms with E-state index in [2.05, 4.69) is 0 Å². The van der Waals surface area contributed by atoms with Crippen molar-refractivity contribution in [3.63, 3.8) is 0 Å². The van der Waals surface area contributed by atoms with Crippen molar-refractivity contribution in [2.24, 2.45) is 11.8 Å². The zero-order valence-corrected chi connectivity index (χ0v) is 22.7. The number of halogens is 2. The molecular weight excluding hydrogens is 541 g/mol. The summed E-state index contributed by atoms with van der Waals surface area (Å²) in [5.74, 6) is -4.60. The second-order valence-electron chi connectivity index (χ2n) is 10.1. The zero-order chi connectivity index (χ0) is 29.1. The summed E-state index contributed by atoms with van der Waals surface area (Å²) >= 11 is 5.99. The van der Waals surface area contributed by atoms with Crippen LogP contribution in [0.2, 0.25) is 5.02 Å². The molecule has 0 fully saturated rings. The fourth-order valence-electron chi connectivity index (χ4n) is 4.86. The van der Waals surface area contributed by atoms with Crippen LogP contribution in [0.15, 0.2) is 54.6 Å². The number of aliphatic hydroxyl groups is 1. The van der Waals surface area contributed by atoms with E-state index in [0.717, 1.165) is 0 Å². The molecule has 1 unspecified atom stereocenters. The normalized spacial score (nSPS) is 15.6. The number of anilines is 1. The Morgan fingerprint density at radius 3 is 2.40 bits per heavy atom. The first-order valence-electron chi connectivity index (χ1n) is 12.7. The molecule has 210 valence electrons. The number of carbonyl (C=O) groups is 3. The Bertz CT molecular complexity index is 1440. The van der Waals surface area contributed by atoms with Gasteiger partial charge in [0, 0.05) is 24.6 Å². The first-order chi connectivity index (χ1) is 19.0. The SMILES string of the molecule is CC(C)[C@@H](CO)N1CC(C(=O)O)C(=O)c2cc(Cc3cccc(Cl)c3F)c(OCc3ccc(C(=O)O)cc3)cc21. The Morgan fingerprint density at radius 2 is 1.80 bits per heavy atom. The van der Waals surface area contributed by atoms with Crippen molar-refractivity contribution < 1.29 is 38.8 Å². The third-order valence-electron chi connectivity index (χ3n) is 7.11. The molecule has 2 atom stereocenters. The van der Waals surface area contributed by atoms with Crippen LogP contribution in [0.1, 0.15) is 51.3 Å². The van der Waals surface area contributed by atoms with E-state index in [4.69, 9.17) is 21.4 Å². The summed E-state index contributed by atoms with van der Waals surface area (Å²) < 4.78 is 21.0. The van der Waals surface area contributed by atoms with Gasteiger partial charge < -0.3 is 25.0 Å². The van der Waals surface area contributed by atoms with Gasteiger partial charge in [0.15, 0.2) is 5.78 Å². The smallest absolute Gasteiger partial charge is 0.335 e. The molecule has 3 aromatic carbocycles. The Hall–Kier alpha value is -3.95.